The average molecular weight is 521 g/mol. The lowest BCUT2D eigenvalue weighted by molar-refractivity contribution is -0.115. The molecule has 10 nitrogen and oxygen atoms in total. The van der Waals surface area contributed by atoms with Crippen molar-refractivity contribution >= 4 is 34.1 Å². The van der Waals surface area contributed by atoms with Crippen LogP contribution in [0.3, 0.4) is 0 Å². The number of H-pyrrole nitrogens is 1. The molecule has 4 rings (SSSR count). The molecule has 2 heterocycles. The van der Waals surface area contributed by atoms with E-state index in [4.69, 9.17) is 9.47 Å². The van der Waals surface area contributed by atoms with Crippen LogP contribution < -0.4 is 15.4 Å². The number of rotatable bonds is 14. The molecule has 0 saturated heterocycles. The standard InChI is InChI=1S/C27H31FN7O3/c1-3-35(11-13-37-2)10-5-12-38-22-8-9-23-24(17-22)29-18-30-27(23)32-25-15-21(33-34-25)16-26(36)31-20-7-4-6-19(28)14-20/h4,6-9,14-15,17-18H,1,3,5,10-13,16H2,2H3,(H,31,36)(H2,29,30,32,33,34). The Bertz CT molecular complexity index is 1350. The normalized spacial score (nSPS) is 11.2. The lowest BCUT2D eigenvalue weighted by atomic mass is 10.2. The molecule has 0 aliphatic heterocycles. The zero-order chi connectivity index (χ0) is 26.7. The van der Waals surface area contributed by atoms with E-state index in [2.05, 4.69) is 42.6 Å². The van der Waals surface area contributed by atoms with Gasteiger partial charge in [-0.05, 0) is 50.2 Å². The summed E-state index contributed by atoms with van der Waals surface area (Å²) in [6, 6.07) is 13.1. The molecule has 199 valence electrons. The lowest BCUT2D eigenvalue weighted by Gasteiger charge is -2.19. The molecule has 0 atom stereocenters. The van der Waals surface area contributed by atoms with Crippen LogP contribution >= 0.6 is 0 Å². The van der Waals surface area contributed by atoms with Crippen molar-refractivity contribution in [3.8, 4) is 5.75 Å². The van der Waals surface area contributed by atoms with Crippen LogP contribution in [0.5, 0.6) is 5.75 Å². The SMILES string of the molecule is [CH2]CN(CCCOc1ccc2c(Nc3cc(CC(=O)Nc4cccc(F)c4)[nH]n3)ncnc2c1)CCOC. The van der Waals surface area contributed by atoms with Gasteiger partial charge in [-0.15, -0.1) is 0 Å². The van der Waals surface area contributed by atoms with Gasteiger partial charge >= 0.3 is 0 Å². The summed E-state index contributed by atoms with van der Waals surface area (Å²) in [6.45, 7) is 7.68. The first kappa shape index (κ1) is 27.0. The predicted octanol–water partition coefficient (Wildman–Crippen LogP) is 3.97. The van der Waals surface area contributed by atoms with Gasteiger partial charge in [0.05, 0.1) is 25.2 Å². The van der Waals surface area contributed by atoms with Gasteiger partial charge in [0.15, 0.2) is 5.82 Å². The fourth-order valence-electron chi connectivity index (χ4n) is 3.84. The quantitative estimate of drug-likeness (QED) is 0.214. The molecule has 0 aliphatic rings. The topological polar surface area (TPSA) is 117 Å². The molecule has 0 aliphatic carbocycles. The maximum absolute atomic E-state index is 13.3. The Labute approximate surface area is 220 Å². The summed E-state index contributed by atoms with van der Waals surface area (Å²) in [5.74, 6) is 1.10. The van der Waals surface area contributed by atoms with Crippen LogP contribution in [0, 0.1) is 12.7 Å². The smallest absolute Gasteiger partial charge is 0.230 e. The Morgan fingerprint density at radius 3 is 2.84 bits per heavy atom. The van der Waals surface area contributed by atoms with Crippen molar-refractivity contribution in [2.45, 2.75) is 12.8 Å². The van der Waals surface area contributed by atoms with Crippen molar-refractivity contribution in [2.24, 2.45) is 0 Å². The maximum Gasteiger partial charge on any atom is 0.230 e. The number of amides is 1. The third-order valence-corrected chi connectivity index (χ3v) is 5.76. The lowest BCUT2D eigenvalue weighted by Crippen LogP contribution is -2.29. The minimum Gasteiger partial charge on any atom is -0.493 e. The van der Waals surface area contributed by atoms with E-state index < -0.39 is 5.82 Å². The number of benzene rings is 2. The highest BCUT2D eigenvalue weighted by Crippen LogP contribution is 2.26. The molecular weight excluding hydrogens is 489 g/mol. The van der Waals surface area contributed by atoms with Crippen LogP contribution in [-0.2, 0) is 16.0 Å². The highest BCUT2D eigenvalue weighted by atomic mass is 19.1. The van der Waals surface area contributed by atoms with E-state index in [0.29, 0.717) is 36.2 Å². The Balaban J connectivity index is 1.32. The number of carbonyl (C=O) groups is 1. The summed E-state index contributed by atoms with van der Waals surface area (Å²) < 4.78 is 24.4. The van der Waals surface area contributed by atoms with Crippen LogP contribution in [0.4, 0.5) is 21.7 Å². The number of carbonyl (C=O) groups excluding carboxylic acids is 1. The Hall–Kier alpha value is -4.09. The van der Waals surface area contributed by atoms with E-state index in [9.17, 15) is 9.18 Å². The summed E-state index contributed by atoms with van der Waals surface area (Å²) in [6.07, 6.45) is 2.39. The summed E-state index contributed by atoms with van der Waals surface area (Å²) in [7, 11) is 1.69. The number of nitrogens with one attached hydrogen (secondary N) is 3. The van der Waals surface area contributed by atoms with Gasteiger partial charge in [-0.25, -0.2) is 14.4 Å². The zero-order valence-electron chi connectivity index (χ0n) is 21.2. The number of ether oxygens (including phenoxy) is 2. The molecule has 0 spiro atoms. The van der Waals surface area contributed by atoms with E-state index in [1.165, 1.54) is 24.5 Å². The molecule has 1 radical (unpaired) electrons. The van der Waals surface area contributed by atoms with Gasteiger partial charge in [-0.2, -0.15) is 5.10 Å². The predicted molar refractivity (Wildman–Crippen MR) is 144 cm³/mol. The third kappa shape index (κ3) is 7.70. The molecule has 11 heteroatoms. The minimum atomic E-state index is -0.415. The van der Waals surface area contributed by atoms with Crippen LogP contribution in [0.15, 0.2) is 54.9 Å². The van der Waals surface area contributed by atoms with Gasteiger partial charge in [0.1, 0.15) is 23.7 Å². The molecule has 38 heavy (non-hydrogen) atoms. The van der Waals surface area contributed by atoms with Crippen LogP contribution in [0.1, 0.15) is 12.1 Å². The molecule has 0 fully saturated rings. The summed E-state index contributed by atoms with van der Waals surface area (Å²) in [5, 5.41) is 13.7. The number of fused-ring (bicyclic) bond motifs is 1. The second-order valence-corrected chi connectivity index (χ2v) is 8.58. The third-order valence-electron chi connectivity index (χ3n) is 5.76. The van der Waals surface area contributed by atoms with Crippen molar-refractivity contribution in [3.05, 3.63) is 73.3 Å². The number of halogens is 1. The van der Waals surface area contributed by atoms with Crippen molar-refractivity contribution < 1.29 is 18.7 Å². The molecule has 3 N–H and O–H groups in total. The fourth-order valence-corrected chi connectivity index (χ4v) is 3.84. The number of methoxy groups -OCH3 is 1. The van der Waals surface area contributed by atoms with Crippen molar-refractivity contribution in [1.29, 1.82) is 0 Å². The van der Waals surface area contributed by atoms with Crippen LogP contribution in [-0.4, -0.2) is 70.9 Å². The number of nitrogens with zero attached hydrogens (tertiary/aromatic N) is 4. The molecule has 4 aromatic rings. The van der Waals surface area contributed by atoms with Gasteiger partial charge in [0, 0.05) is 49.1 Å². The fraction of sp³-hybridized carbons (Fsp3) is 0.296. The van der Waals surface area contributed by atoms with Gasteiger partial charge in [0.25, 0.3) is 0 Å². The number of aromatic amines is 1. The summed E-state index contributed by atoms with van der Waals surface area (Å²) in [4.78, 5) is 23.2. The van der Waals surface area contributed by atoms with E-state index in [-0.39, 0.29) is 12.3 Å². The zero-order valence-corrected chi connectivity index (χ0v) is 21.2. The highest BCUT2D eigenvalue weighted by molar-refractivity contribution is 5.93. The minimum absolute atomic E-state index is 0.0509. The van der Waals surface area contributed by atoms with Gasteiger partial charge < -0.3 is 25.0 Å². The molecular formula is C27H31FN7O3. The number of anilines is 3. The molecule has 2 aromatic carbocycles. The second kappa shape index (κ2) is 13.5. The first-order valence-corrected chi connectivity index (χ1v) is 12.3. The monoisotopic (exact) mass is 520 g/mol. The molecule has 0 saturated carbocycles. The molecule has 0 bridgehead atoms. The number of hydrogen-bond donors (Lipinski definition) is 3. The van der Waals surface area contributed by atoms with Crippen molar-refractivity contribution in [2.75, 3.05) is 50.6 Å². The summed E-state index contributed by atoms with van der Waals surface area (Å²) in [5.41, 5.74) is 1.71. The van der Waals surface area contributed by atoms with Crippen molar-refractivity contribution in [1.82, 2.24) is 25.1 Å². The summed E-state index contributed by atoms with van der Waals surface area (Å²) >= 11 is 0. The average Bonchev–Trinajstić information content (AvgIpc) is 3.34. The molecule has 0 unspecified atom stereocenters. The second-order valence-electron chi connectivity index (χ2n) is 8.58. The largest absolute Gasteiger partial charge is 0.493 e. The van der Waals surface area contributed by atoms with Crippen LogP contribution in [0.2, 0.25) is 0 Å². The van der Waals surface area contributed by atoms with Crippen molar-refractivity contribution in [3.63, 3.8) is 0 Å². The first-order valence-electron chi connectivity index (χ1n) is 12.3. The Morgan fingerprint density at radius 1 is 1.13 bits per heavy atom. The number of hydrogen-bond acceptors (Lipinski definition) is 8. The number of aromatic nitrogens is 4. The Kier molecular flexibility index (Phi) is 9.54. The van der Waals surface area contributed by atoms with E-state index in [0.717, 1.165) is 42.7 Å². The van der Waals surface area contributed by atoms with E-state index in [1.807, 2.05) is 18.2 Å². The van der Waals surface area contributed by atoms with E-state index in [1.54, 1.807) is 19.2 Å². The molecule has 1 amide bonds. The Morgan fingerprint density at radius 2 is 2.03 bits per heavy atom. The highest BCUT2D eigenvalue weighted by Gasteiger charge is 2.11. The van der Waals surface area contributed by atoms with Crippen LogP contribution in [0.25, 0.3) is 10.9 Å². The van der Waals surface area contributed by atoms with E-state index >= 15 is 0 Å². The van der Waals surface area contributed by atoms with Gasteiger partial charge in [0.2, 0.25) is 5.91 Å². The van der Waals surface area contributed by atoms with Gasteiger partial charge in [-0.1, -0.05) is 6.07 Å². The molecule has 2 aromatic heterocycles. The van der Waals surface area contributed by atoms with Gasteiger partial charge in [-0.3, -0.25) is 9.89 Å². The first-order chi connectivity index (χ1) is 18.5. The maximum atomic E-state index is 13.3.